The van der Waals surface area contributed by atoms with Crippen LogP contribution in [0.25, 0.3) is 150 Å². The molecular weight excluding hydrogens is 889 g/mol. The van der Waals surface area contributed by atoms with Crippen molar-refractivity contribution in [2.24, 2.45) is 0 Å². The third-order valence-electron chi connectivity index (χ3n) is 14.7. The molecule has 0 aliphatic rings. The van der Waals surface area contributed by atoms with Crippen molar-refractivity contribution in [1.29, 1.82) is 0 Å². The fraction of sp³-hybridized carbons (Fsp3) is 0. The minimum Gasteiger partial charge on any atom is -0.309 e. The van der Waals surface area contributed by atoms with E-state index in [1.54, 1.807) is 11.3 Å². The molecule has 0 bridgehead atoms. The second-order valence-corrected chi connectivity index (χ2v) is 20.5. The zero-order chi connectivity index (χ0) is 45.6. The number of rotatable bonds is 4. The van der Waals surface area contributed by atoms with Gasteiger partial charge in [-0.3, -0.25) is 4.57 Å². The first kappa shape index (κ1) is 38.3. The minimum absolute atomic E-state index is 0.723. The lowest BCUT2D eigenvalue weighted by molar-refractivity contribution is 1.08. The highest BCUT2D eigenvalue weighted by Gasteiger charge is 2.26. The van der Waals surface area contributed by atoms with Gasteiger partial charge in [-0.25, -0.2) is 9.97 Å². The van der Waals surface area contributed by atoms with E-state index in [9.17, 15) is 0 Å². The Morgan fingerprint density at radius 1 is 0.329 bits per heavy atom. The Bertz CT molecular complexity index is 4890. The molecule has 0 radical (unpaired) electrons. The topological polar surface area (TPSA) is 35.6 Å². The van der Waals surface area contributed by atoms with Crippen molar-refractivity contribution in [2.45, 2.75) is 0 Å². The summed E-state index contributed by atoms with van der Waals surface area (Å²) in [4.78, 5) is 11.9. The number of aromatic nitrogens is 4. The number of hydrogen-bond donors (Lipinski definition) is 0. The number of thiophene rings is 2. The maximum atomic E-state index is 5.62. The largest absolute Gasteiger partial charge is 0.309 e. The molecule has 0 saturated carbocycles. The highest BCUT2D eigenvalue weighted by atomic mass is 32.1. The maximum Gasteiger partial charge on any atom is 0.163 e. The predicted octanol–water partition coefficient (Wildman–Crippen LogP) is 18.2. The van der Waals surface area contributed by atoms with Gasteiger partial charge in [0.15, 0.2) is 11.6 Å². The fourth-order valence-electron chi connectivity index (χ4n) is 11.6. The zero-order valence-electron chi connectivity index (χ0n) is 37.4. The van der Waals surface area contributed by atoms with Gasteiger partial charge in [-0.2, -0.15) is 0 Å². The van der Waals surface area contributed by atoms with E-state index >= 15 is 0 Å². The Labute approximate surface area is 408 Å². The smallest absolute Gasteiger partial charge is 0.163 e. The Morgan fingerprint density at radius 2 is 0.971 bits per heavy atom. The van der Waals surface area contributed by atoms with Crippen molar-refractivity contribution < 1.29 is 0 Å². The molecule has 0 N–H and O–H groups in total. The molecule has 0 spiro atoms. The number of nitrogens with zero attached hydrogens (tertiary/aromatic N) is 4. The van der Waals surface area contributed by atoms with Crippen LogP contribution in [0.3, 0.4) is 0 Å². The summed E-state index contributed by atoms with van der Waals surface area (Å²) < 4.78 is 8.66. The van der Waals surface area contributed by atoms with Crippen LogP contribution >= 0.6 is 22.7 Å². The summed E-state index contributed by atoms with van der Waals surface area (Å²) in [7, 11) is 0. The van der Waals surface area contributed by atoms with Crippen LogP contribution in [0.5, 0.6) is 0 Å². The molecule has 0 saturated heterocycles. The molecule has 11 aromatic carbocycles. The van der Waals surface area contributed by atoms with Crippen LogP contribution in [-0.2, 0) is 0 Å². The molecule has 324 valence electrons. The van der Waals surface area contributed by atoms with Crippen molar-refractivity contribution in [1.82, 2.24) is 19.1 Å². The molecule has 70 heavy (non-hydrogen) atoms. The summed E-state index contributed by atoms with van der Waals surface area (Å²) in [6.07, 6.45) is 0. The van der Waals surface area contributed by atoms with Crippen LogP contribution in [0.15, 0.2) is 218 Å². The van der Waals surface area contributed by atoms with E-state index in [-0.39, 0.29) is 0 Å². The molecule has 5 aromatic heterocycles. The van der Waals surface area contributed by atoms with E-state index in [0.717, 1.165) is 32.9 Å². The Hall–Kier alpha value is -8.68. The van der Waals surface area contributed by atoms with Gasteiger partial charge in [0.05, 0.1) is 37.8 Å². The molecule has 0 unspecified atom stereocenters. The second-order valence-electron chi connectivity index (χ2n) is 18.4. The number of hydrogen-bond acceptors (Lipinski definition) is 4. The average molecular weight is 925 g/mol. The van der Waals surface area contributed by atoms with Crippen LogP contribution in [-0.4, -0.2) is 19.1 Å². The summed E-state index contributed by atoms with van der Waals surface area (Å²) in [6, 6.07) is 80.1. The molecule has 5 heterocycles. The van der Waals surface area contributed by atoms with Gasteiger partial charge in [0.1, 0.15) is 4.83 Å². The van der Waals surface area contributed by atoms with Gasteiger partial charge in [0.25, 0.3) is 0 Å². The summed E-state index contributed by atoms with van der Waals surface area (Å²) in [6.45, 7) is 0. The number of fused-ring (bicyclic) bond motifs is 18. The lowest BCUT2D eigenvalue weighted by Crippen LogP contribution is -2.02. The first-order valence-electron chi connectivity index (χ1n) is 23.7. The van der Waals surface area contributed by atoms with E-state index in [0.29, 0.717) is 0 Å². The molecular formula is C64H36N4S2. The molecule has 0 atom stereocenters. The van der Waals surface area contributed by atoms with Crippen LogP contribution in [0.1, 0.15) is 0 Å². The summed E-state index contributed by atoms with van der Waals surface area (Å²) in [5, 5.41) is 17.1. The minimum atomic E-state index is 0.723. The van der Waals surface area contributed by atoms with E-state index in [1.165, 1.54) is 117 Å². The zero-order valence-corrected chi connectivity index (χ0v) is 39.0. The fourth-order valence-corrected chi connectivity index (χ4v) is 14.0. The van der Waals surface area contributed by atoms with Gasteiger partial charge in [-0.15, -0.1) is 22.7 Å². The Kier molecular flexibility index (Phi) is 7.89. The van der Waals surface area contributed by atoms with E-state index in [2.05, 4.69) is 228 Å². The van der Waals surface area contributed by atoms with Crippen molar-refractivity contribution in [2.75, 3.05) is 0 Å². The van der Waals surface area contributed by atoms with Crippen LogP contribution in [0, 0.1) is 0 Å². The Morgan fingerprint density at radius 3 is 1.81 bits per heavy atom. The van der Waals surface area contributed by atoms with Gasteiger partial charge in [-0.1, -0.05) is 170 Å². The monoisotopic (exact) mass is 924 g/mol. The van der Waals surface area contributed by atoms with Gasteiger partial charge >= 0.3 is 0 Å². The first-order chi connectivity index (χ1) is 34.7. The molecule has 16 rings (SSSR count). The van der Waals surface area contributed by atoms with Crippen LogP contribution in [0.2, 0.25) is 0 Å². The lowest BCUT2D eigenvalue weighted by atomic mass is 9.94. The van der Waals surface area contributed by atoms with Crippen LogP contribution in [0.4, 0.5) is 0 Å². The highest BCUT2D eigenvalue weighted by molar-refractivity contribution is 7.27. The normalized spacial score (nSPS) is 12.3. The molecule has 16 aromatic rings. The molecule has 0 fully saturated rings. The number of para-hydroxylation sites is 2. The molecule has 0 amide bonds. The average Bonchev–Trinajstić information content (AvgIpc) is 4.18. The quantitative estimate of drug-likeness (QED) is 0.176. The van der Waals surface area contributed by atoms with Gasteiger partial charge in [0.2, 0.25) is 0 Å². The molecule has 0 aliphatic carbocycles. The van der Waals surface area contributed by atoms with E-state index < -0.39 is 0 Å². The van der Waals surface area contributed by atoms with Crippen molar-refractivity contribution in [3.05, 3.63) is 218 Å². The second kappa shape index (κ2) is 14.4. The van der Waals surface area contributed by atoms with Crippen molar-refractivity contribution >= 4 is 139 Å². The van der Waals surface area contributed by atoms with Gasteiger partial charge < -0.3 is 4.57 Å². The van der Waals surface area contributed by atoms with Gasteiger partial charge in [0, 0.05) is 58.1 Å². The molecule has 4 nitrogen and oxygen atoms in total. The first-order valence-corrected chi connectivity index (χ1v) is 25.4. The summed E-state index contributed by atoms with van der Waals surface area (Å²) >= 11 is 3.64. The SMILES string of the molecule is c1ccc(-c2nc(-n3c4ccccc4c4c5ccc(-c6ccc7c8ccccc8n(-c8cccc9ccccc89)c7c6)cc5c5c6cc7ccccc7cc6sc5c43)c3c(n2)sc2ccccc23)cc1. The standard InChI is InChI=1S/C64H36N4S2/c1-2-16-38(17-3-1)62-65-63(59-48-24-10-13-28-55(48)70-64(59)66-62)68-53-26-12-9-23-47(53)57-46-32-30-41(33-49(46)58-50-34-39-18-4-5-19-40(39)36-56(50)69-61(58)60(57)68)42-29-31-45-44-22-8-11-25-52(44)67(54(45)35-42)51-27-14-20-37-15-6-7-21-43(37)51/h1-36H. The summed E-state index contributed by atoms with van der Waals surface area (Å²) in [5.41, 5.74) is 9.24. The molecule has 0 aliphatic heterocycles. The van der Waals surface area contributed by atoms with E-state index in [4.69, 9.17) is 9.97 Å². The van der Waals surface area contributed by atoms with Crippen LogP contribution < -0.4 is 0 Å². The van der Waals surface area contributed by atoms with Crippen molar-refractivity contribution in [3.8, 4) is 34.0 Å². The maximum absolute atomic E-state index is 5.62. The van der Waals surface area contributed by atoms with E-state index in [1.807, 2.05) is 11.3 Å². The number of benzene rings is 11. The third-order valence-corrected chi connectivity index (χ3v) is 16.9. The molecule has 6 heteroatoms. The predicted molar refractivity (Wildman–Crippen MR) is 300 cm³/mol. The van der Waals surface area contributed by atoms with Gasteiger partial charge in [-0.05, 0) is 86.6 Å². The highest BCUT2D eigenvalue weighted by Crippen LogP contribution is 2.51. The Balaban J connectivity index is 1.03. The third kappa shape index (κ3) is 5.34. The van der Waals surface area contributed by atoms with Crippen molar-refractivity contribution in [3.63, 3.8) is 0 Å². The summed E-state index contributed by atoms with van der Waals surface area (Å²) in [5.74, 6) is 1.63. The lowest BCUT2D eigenvalue weighted by Gasteiger charge is -2.14.